The van der Waals surface area contributed by atoms with Crippen LogP contribution < -0.4 is 0 Å². The third-order valence-corrected chi connectivity index (χ3v) is 4.55. The van der Waals surface area contributed by atoms with E-state index in [-0.39, 0.29) is 5.56 Å². The predicted octanol–water partition coefficient (Wildman–Crippen LogP) is 3.85. The number of carbonyl (C=O) groups is 1. The van der Waals surface area contributed by atoms with Crippen molar-refractivity contribution in [1.29, 1.82) is 0 Å². The van der Waals surface area contributed by atoms with Crippen molar-refractivity contribution in [3.05, 3.63) is 29.8 Å². The van der Waals surface area contributed by atoms with Gasteiger partial charge in [0.1, 0.15) is 0 Å². The summed E-state index contributed by atoms with van der Waals surface area (Å²) in [6, 6.07) is 6.56. The third kappa shape index (κ3) is 5.55. The van der Waals surface area contributed by atoms with Gasteiger partial charge in [0.25, 0.3) is 0 Å². The number of hydrogen-bond acceptors (Lipinski definition) is 2. The first-order chi connectivity index (χ1) is 9.16. The van der Waals surface area contributed by atoms with Crippen LogP contribution in [-0.2, 0) is 10.8 Å². The van der Waals surface area contributed by atoms with Crippen molar-refractivity contribution in [3.8, 4) is 0 Å². The summed E-state index contributed by atoms with van der Waals surface area (Å²) in [6.07, 6.45) is 6.84. The zero-order valence-electron chi connectivity index (χ0n) is 11.4. The summed E-state index contributed by atoms with van der Waals surface area (Å²) < 4.78 is 12.1. The largest absolute Gasteiger partial charge is 0.478 e. The number of benzene rings is 1. The second-order valence-corrected chi connectivity index (χ2v) is 6.16. The van der Waals surface area contributed by atoms with E-state index in [2.05, 4.69) is 6.92 Å². The van der Waals surface area contributed by atoms with E-state index in [4.69, 9.17) is 5.11 Å². The second kappa shape index (κ2) is 8.86. The summed E-state index contributed by atoms with van der Waals surface area (Å²) in [5, 5.41) is 9.05. The Morgan fingerprint density at radius 1 is 1.11 bits per heavy atom. The van der Waals surface area contributed by atoms with E-state index >= 15 is 0 Å². The molecular weight excluding hydrogens is 260 g/mol. The van der Waals surface area contributed by atoms with Crippen LogP contribution in [0.15, 0.2) is 29.2 Å². The van der Waals surface area contributed by atoms with E-state index in [1.807, 2.05) is 0 Å². The topological polar surface area (TPSA) is 54.4 Å². The number of aromatic carboxylic acids is 1. The van der Waals surface area contributed by atoms with E-state index in [1.165, 1.54) is 31.7 Å². The molecule has 0 aromatic heterocycles. The standard InChI is InChI=1S/C15H22O3S/c1-2-3-4-5-6-9-12-19(18)14-11-8-7-10-13(14)15(16)17/h7-8,10-11H,2-6,9,12H2,1H3,(H,16,17). The highest BCUT2D eigenvalue weighted by Gasteiger charge is 2.13. The molecule has 0 bridgehead atoms. The highest BCUT2D eigenvalue weighted by molar-refractivity contribution is 7.85. The Morgan fingerprint density at radius 3 is 2.42 bits per heavy atom. The van der Waals surface area contributed by atoms with Gasteiger partial charge in [-0.3, -0.25) is 4.21 Å². The summed E-state index contributed by atoms with van der Waals surface area (Å²) in [5.41, 5.74) is 0.159. The molecule has 0 fully saturated rings. The first kappa shape index (κ1) is 15.9. The average molecular weight is 282 g/mol. The molecular formula is C15H22O3S. The van der Waals surface area contributed by atoms with Crippen LogP contribution in [0.1, 0.15) is 55.8 Å². The van der Waals surface area contributed by atoms with Crippen LogP contribution >= 0.6 is 0 Å². The lowest BCUT2D eigenvalue weighted by Crippen LogP contribution is -2.06. The summed E-state index contributed by atoms with van der Waals surface area (Å²) >= 11 is 0. The van der Waals surface area contributed by atoms with E-state index in [0.29, 0.717) is 10.6 Å². The summed E-state index contributed by atoms with van der Waals surface area (Å²) in [5.74, 6) is -0.456. The van der Waals surface area contributed by atoms with Crippen molar-refractivity contribution in [3.63, 3.8) is 0 Å². The van der Waals surface area contributed by atoms with Crippen molar-refractivity contribution >= 4 is 16.8 Å². The Morgan fingerprint density at radius 2 is 1.74 bits per heavy atom. The molecule has 0 amide bonds. The molecule has 3 nitrogen and oxygen atoms in total. The van der Waals surface area contributed by atoms with Gasteiger partial charge in [-0.05, 0) is 18.6 Å². The van der Waals surface area contributed by atoms with Crippen molar-refractivity contribution in [2.24, 2.45) is 0 Å². The maximum Gasteiger partial charge on any atom is 0.336 e. The Bertz CT molecular complexity index is 429. The van der Waals surface area contributed by atoms with E-state index in [9.17, 15) is 9.00 Å². The predicted molar refractivity (Wildman–Crippen MR) is 78.1 cm³/mol. The van der Waals surface area contributed by atoms with Crippen LogP contribution in [0, 0.1) is 0 Å². The minimum atomic E-state index is -1.20. The minimum Gasteiger partial charge on any atom is -0.478 e. The lowest BCUT2D eigenvalue weighted by Gasteiger charge is -2.06. The van der Waals surface area contributed by atoms with Crippen LogP contribution in [0.2, 0.25) is 0 Å². The minimum absolute atomic E-state index is 0.159. The molecule has 0 radical (unpaired) electrons. The molecule has 106 valence electrons. The highest BCUT2D eigenvalue weighted by atomic mass is 32.2. The van der Waals surface area contributed by atoms with E-state index in [1.54, 1.807) is 18.2 Å². The molecule has 0 aliphatic heterocycles. The Kier molecular flexibility index (Phi) is 7.41. The molecule has 0 saturated heterocycles. The van der Waals surface area contributed by atoms with Gasteiger partial charge < -0.3 is 5.11 Å². The Hall–Kier alpha value is -1.16. The SMILES string of the molecule is CCCCCCCCS(=O)c1ccccc1C(=O)O. The van der Waals surface area contributed by atoms with Crippen LogP contribution in [0.4, 0.5) is 0 Å². The normalized spacial score (nSPS) is 12.3. The van der Waals surface area contributed by atoms with Crippen LogP contribution in [0.5, 0.6) is 0 Å². The number of carboxylic acids is 1. The number of rotatable bonds is 9. The summed E-state index contributed by atoms with van der Waals surface area (Å²) in [4.78, 5) is 11.5. The Labute approximate surface area is 117 Å². The van der Waals surface area contributed by atoms with Gasteiger partial charge >= 0.3 is 5.97 Å². The average Bonchev–Trinajstić information content (AvgIpc) is 2.42. The molecule has 1 aromatic rings. The van der Waals surface area contributed by atoms with Crippen LogP contribution in [0.3, 0.4) is 0 Å². The van der Waals surface area contributed by atoms with Crippen LogP contribution in [0.25, 0.3) is 0 Å². The smallest absolute Gasteiger partial charge is 0.336 e. The lowest BCUT2D eigenvalue weighted by atomic mass is 10.1. The van der Waals surface area contributed by atoms with E-state index < -0.39 is 16.8 Å². The molecule has 0 heterocycles. The molecule has 1 unspecified atom stereocenters. The van der Waals surface area contributed by atoms with Gasteiger partial charge in [0.05, 0.1) is 21.3 Å². The highest BCUT2D eigenvalue weighted by Crippen LogP contribution is 2.15. The maximum atomic E-state index is 12.1. The molecule has 1 N–H and O–H groups in total. The third-order valence-electron chi connectivity index (χ3n) is 3.05. The molecule has 1 aromatic carbocycles. The molecule has 1 rings (SSSR count). The van der Waals surface area contributed by atoms with Crippen molar-refractivity contribution in [2.75, 3.05) is 5.75 Å². The molecule has 4 heteroatoms. The molecule has 0 spiro atoms. The van der Waals surface area contributed by atoms with Crippen LogP contribution in [-0.4, -0.2) is 21.0 Å². The monoisotopic (exact) mass is 282 g/mol. The number of carboxylic acid groups (broad SMARTS) is 1. The van der Waals surface area contributed by atoms with Gasteiger partial charge in [0.15, 0.2) is 0 Å². The fourth-order valence-corrected chi connectivity index (χ4v) is 3.28. The molecule has 1 atom stereocenters. The van der Waals surface area contributed by atoms with Gasteiger partial charge in [0.2, 0.25) is 0 Å². The van der Waals surface area contributed by atoms with Gasteiger partial charge in [-0.1, -0.05) is 51.2 Å². The molecule has 19 heavy (non-hydrogen) atoms. The van der Waals surface area contributed by atoms with Gasteiger partial charge in [0, 0.05) is 5.75 Å². The second-order valence-electron chi connectivity index (χ2n) is 4.62. The molecule has 0 aliphatic rings. The first-order valence-corrected chi connectivity index (χ1v) is 8.19. The first-order valence-electron chi connectivity index (χ1n) is 6.87. The number of hydrogen-bond donors (Lipinski definition) is 1. The quantitative estimate of drug-likeness (QED) is 0.700. The summed E-state index contributed by atoms with van der Waals surface area (Å²) in [6.45, 7) is 2.18. The maximum absolute atomic E-state index is 12.1. The van der Waals surface area contributed by atoms with Gasteiger partial charge in [-0.25, -0.2) is 4.79 Å². The molecule has 0 saturated carbocycles. The van der Waals surface area contributed by atoms with Crippen molar-refractivity contribution in [2.45, 2.75) is 50.3 Å². The van der Waals surface area contributed by atoms with Crippen molar-refractivity contribution in [1.82, 2.24) is 0 Å². The van der Waals surface area contributed by atoms with E-state index in [0.717, 1.165) is 12.8 Å². The zero-order valence-corrected chi connectivity index (χ0v) is 12.2. The Balaban J connectivity index is 2.43. The lowest BCUT2D eigenvalue weighted by molar-refractivity contribution is 0.0693. The fourth-order valence-electron chi connectivity index (χ4n) is 1.97. The zero-order chi connectivity index (χ0) is 14.1. The summed E-state index contributed by atoms with van der Waals surface area (Å²) in [7, 11) is -1.20. The van der Waals surface area contributed by atoms with Crippen molar-refractivity contribution < 1.29 is 14.1 Å². The number of unbranched alkanes of at least 4 members (excludes halogenated alkanes) is 5. The van der Waals surface area contributed by atoms with Gasteiger partial charge in [-0.15, -0.1) is 0 Å². The molecule has 0 aliphatic carbocycles. The van der Waals surface area contributed by atoms with Gasteiger partial charge in [-0.2, -0.15) is 0 Å². The fraction of sp³-hybridized carbons (Fsp3) is 0.533.